The molecule has 111 heavy (non-hydrogen) atoms. The molecule has 0 aliphatic carbocycles. The molecule has 37 atom stereocenters. The summed E-state index contributed by atoms with van der Waals surface area (Å²) >= 11 is 0. The largest absolute Gasteiger partial charge is 0.257 e. The maximum absolute atomic E-state index is 13.5. The zero-order valence-corrected chi connectivity index (χ0v) is 110. The lowest BCUT2D eigenvalue weighted by Crippen LogP contribution is -1.69. The van der Waals surface area contributed by atoms with Gasteiger partial charge in [0.15, 0.2) is 2.25 Å². The maximum atomic E-state index is 13.5. The Morgan fingerprint density at radius 2 is 0.162 bits per heavy atom. The minimum absolute atomic E-state index is 1.03. The fraction of sp³-hybridized carbons (Fsp3) is 0. The van der Waals surface area contributed by atoms with Gasteiger partial charge < -0.3 is 0 Å². The van der Waals surface area contributed by atoms with Crippen molar-refractivity contribution in [3.63, 3.8) is 0 Å². The van der Waals surface area contributed by atoms with Crippen LogP contribution in [0.4, 0.5) is 0 Å². The van der Waals surface area contributed by atoms with Gasteiger partial charge in [-0.2, -0.15) is 0 Å². The number of hydrogen-bond acceptors (Lipinski definition) is 37. The molecule has 0 rings (SSSR count). The van der Waals surface area contributed by atoms with Crippen LogP contribution in [0.25, 0.3) is 0 Å². The molecule has 0 aromatic rings. The van der Waals surface area contributed by atoms with Gasteiger partial charge in [-0.25, -0.2) is 0 Å². The number of thiol groups is 37. The van der Waals surface area contributed by atoms with E-state index in [1.54, 1.807) is 0 Å². The third-order valence-corrected chi connectivity index (χ3v) is 251. The van der Waals surface area contributed by atoms with Gasteiger partial charge in [0.2, 0.25) is 0 Å². The van der Waals surface area contributed by atoms with Crippen LogP contribution >= 0.6 is 246 Å². The molecule has 0 heterocycles. The summed E-state index contributed by atoms with van der Waals surface area (Å²) in [4.78, 5) is 0. The van der Waals surface area contributed by atoms with Crippen molar-refractivity contribution >= 4 is 596 Å². The van der Waals surface area contributed by atoms with Gasteiger partial charge in [0.05, 0.1) is 247 Å². The highest BCUT2D eigenvalue weighted by atomic mass is 33.5. The van der Waals surface area contributed by atoms with Crippen molar-refractivity contribution in [2.24, 2.45) is 0 Å². The van der Waals surface area contributed by atoms with Gasteiger partial charge in [0, 0.05) is 333 Å². The first kappa shape index (κ1) is 76.5. The van der Waals surface area contributed by atoms with Crippen LogP contribution in [0.1, 0.15) is 0 Å². The van der Waals surface area contributed by atoms with E-state index in [0.717, 1.165) is 0 Å². The molecule has 0 saturated heterocycles. The van der Waals surface area contributed by atoms with Gasteiger partial charge >= 0.3 is 0 Å². The van der Waals surface area contributed by atoms with Gasteiger partial charge in [-0.05, 0) is 0 Å². The smallest absolute Gasteiger partial charge is 0.150 e. The summed E-state index contributed by atoms with van der Waals surface area (Å²) in [5.74, 6) is 0. The van der Waals surface area contributed by atoms with E-state index < -0.39 is 580 Å². The van der Waals surface area contributed by atoms with E-state index in [2.05, 4.69) is 16.0 Å². The van der Waals surface area contributed by atoms with Crippen LogP contribution in [0.3, 0.4) is 0 Å². The molecule has 0 bridgehead atoms. The first-order valence-corrected chi connectivity index (χ1v) is 139. The first-order chi connectivity index (χ1) is 63.0. The lowest BCUT2D eigenvalue weighted by atomic mass is 16.0. The summed E-state index contributed by atoms with van der Waals surface area (Å²) in [7, 11) is -182. The van der Waals surface area contributed by atoms with Crippen molar-refractivity contribution in [2.75, 3.05) is 0 Å². The molecule has 0 aliphatic rings. The van der Waals surface area contributed by atoms with Crippen molar-refractivity contribution < 1.29 is 156 Å². The van der Waals surface area contributed by atoms with Crippen LogP contribution in [-0.2, 0) is 350 Å². The molecule has 0 fully saturated rings. The Labute approximate surface area is 780 Å². The van der Waals surface area contributed by atoms with Gasteiger partial charge in [0.1, 0.15) is 39.3 Å². The highest BCUT2D eigenvalue weighted by molar-refractivity contribution is 8.98. The molecule has 37 unspecified atom stereocenters. The SMILES string of the molecule is [3H]S(=O)(=P)P=S([3H])(=O)P=S([3H])(=O)P=S([3H])(=O)P=S([3H])(=O)P=S([3H])(=O)P=S([3H])(=O)P=S([3H])(=O)P=S([3H])(=O)P=S([3H])(=O)P=S([3H])(=O)P=S([3H])(=O)P=S([3H])(=O)P=S([3H])(=O)P=S([3H])(=O)P=S([3H])(=O)P=S([3H])(=O)P=S([3H])(=O)P=S([3H])(=O)S([3H])(=O)=PS([3H])(=O)=PS([3H])(=O)=PS([3H])(=O)=PS([3H])(=O)=PS([3H])(=O)=PS([3H])(=O)=PS([3H])(=O)=PS([3H])(=O)=PS([3H])(=O)=PS([3H])(=O)=PS([3H])(=O)=PS([3H])(=O)=PS([3H])(=O)=PS([3H])(=O)=PS([3H])(=O)=PS([3H])(=O)=PS([3H])(=O)=P. The second kappa shape index (κ2) is 75.6. The summed E-state index contributed by atoms with van der Waals surface area (Å²) in [6.07, 6.45) is 0. The van der Waals surface area contributed by atoms with E-state index in [9.17, 15) is 156 Å². The molecule has 668 valence electrons. The van der Waals surface area contributed by atoms with Crippen molar-refractivity contribution in [3.8, 4) is 0 Å². The molecule has 37 nitrogen and oxygen atoms in total. The Bertz CT molecular complexity index is 11000. The third-order valence-electron chi connectivity index (χ3n) is 4.59. The zero-order valence-electron chi connectivity index (χ0n) is 83.9. The van der Waals surface area contributed by atoms with Crippen LogP contribution in [0, 0.1) is 0 Å². The van der Waals surface area contributed by atoms with Crippen LogP contribution in [0.15, 0.2) is 0 Å². The van der Waals surface area contributed by atoms with Gasteiger partial charge in [-0.3, -0.25) is 156 Å². The van der Waals surface area contributed by atoms with E-state index >= 15 is 0 Å². The van der Waals surface area contributed by atoms with E-state index in [0.29, 0.717) is 0 Å². The monoisotopic (exact) mass is 3030 g/mol. The van der Waals surface area contributed by atoms with Crippen LogP contribution < -0.4 is 0 Å². The molecule has 0 spiro atoms. The minimum atomic E-state index is -5.81. The number of hydrogen-bond donors (Lipinski definition) is 37. The van der Waals surface area contributed by atoms with Gasteiger partial charge in [-0.15, -0.1) is 0 Å². The van der Waals surface area contributed by atoms with E-state index in [1.165, 1.54) is 0 Å². The molecule has 0 radical (unpaired) electrons. The van der Waals surface area contributed by atoms with Crippen molar-refractivity contribution in [1.29, 1.82) is 41.6 Å². The second-order valence-corrected chi connectivity index (χ2v) is 202. The number of rotatable bonds is 36. The Morgan fingerprint density at radius 1 is 0.108 bits per heavy atom. The quantitative estimate of drug-likeness (QED) is 0.0158. The fourth-order valence-corrected chi connectivity index (χ4v) is 334. The molecular weight excluding hydrogens is 2920 g/mol. The predicted octanol–water partition coefficient (Wildman–Crippen LogP) is 8.98. The Balaban J connectivity index is 8.08. The minimum Gasteiger partial charge on any atom is -0.257 e. The van der Waals surface area contributed by atoms with Crippen molar-refractivity contribution in [2.45, 2.75) is 0 Å². The highest BCUT2D eigenvalue weighted by Crippen LogP contribution is 2.34. The Hall–Kier alpha value is 16.7. The second-order valence-electron chi connectivity index (χ2n) is 11.2. The highest BCUT2D eigenvalue weighted by Gasteiger charge is 1.97. The molecular formula is H39O37P37S37. The van der Waals surface area contributed by atoms with Gasteiger partial charge in [-0.1, -0.05) is 16.0 Å². The lowest BCUT2D eigenvalue weighted by Gasteiger charge is -1.82. The average molecular weight is 3040 g/mol. The Kier molecular flexibility index (Phi) is 52.1. The molecule has 0 amide bonds. The standard InChI is InChI=1S/H39O37P37S37/c1-75(38)40-77(3)42-79(5)44-81(7)46-83(9)48-85(11)50-87(13)52-89(15)54-91(17)56-93(19)58-95(21)60-97(23)62-99(25)64-101(27)66-103(29)68-105(31)70-107(33)72-109(35)74-111(37)110(36)73-108(34)71-106(32)69-104(30)67-102(28)65-100(26)63-98(24)61-96(22)59-94(20)57-92(18)55-90(16)53-88(14)51-86(12)49-84(10)47-82(8)45-80(6)43-78(4)41-76(2)39/h38-39,75-111H/i75T,76T,77T,78T,79T,80T,81T,82T,83T,84T,85T,86T,87T,88T,89T,90T,91T,92T,93T,94T,95T,96T,97T,98T,99T,100T,101T,102T,103T,104T,105T,106T,107T,108T,109T,110T,111T. The summed E-state index contributed by atoms with van der Waals surface area (Å²) in [6, 6.07) is 0. The predicted molar refractivity (Wildman–Crippen MR) is 612 cm³/mol. The molecule has 0 N–H and O–H groups in total. The zero-order chi connectivity index (χ0) is 119. The average Bonchev–Trinajstić information content (AvgIpc) is 0.787. The summed E-state index contributed by atoms with van der Waals surface area (Å²) in [5, 5.41) is 0. The van der Waals surface area contributed by atoms with Crippen LogP contribution in [0.2, 0.25) is 0 Å². The van der Waals surface area contributed by atoms with Crippen molar-refractivity contribution in [3.05, 3.63) is 0 Å². The molecule has 0 aromatic heterocycles. The molecule has 0 aliphatic heterocycles. The summed E-state index contributed by atoms with van der Waals surface area (Å²) < 4.78 is 778. The van der Waals surface area contributed by atoms with Crippen LogP contribution in [0.5, 0.6) is 0 Å². The molecule has 0 saturated carbocycles. The van der Waals surface area contributed by atoms with Crippen LogP contribution in [-0.4, -0.2) is 197 Å². The third kappa shape index (κ3) is 76.2. The van der Waals surface area contributed by atoms with Crippen molar-refractivity contribution in [1.82, 2.24) is 0 Å². The van der Waals surface area contributed by atoms with Gasteiger partial charge in [0.25, 0.3) is 0 Å². The first-order valence-electron chi connectivity index (χ1n) is 34.6. The van der Waals surface area contributed by atoms with E-state index in [1.807, 2.05) is 0 Å². The molecule has 111 heteroatoms. The maximum Gasteiger partial charge on any atom is 0.150 e. The summed E-state index contributed by atoms with van der Waals surface area (Å²) in [6.45, 7) is -56.5. The van der Waals surface area contributed by atoms with E-state index in [-0.39, 0.29) is 0 Å². The molecule has 0 aromatic carbocycles. The topological polar surface area (TPSA) is 632 Å². The normalized spacial score (nSPS) is 39.1. The Morgan fingerprint density at radius 3 is 0.225 bits per heavy atom. The fourth-order valence-electron chi connectivity index (χ4n) is 2.41. The lowest BCUT2D eigenvalue weighted by molar-refractivity contribution is 0.687. The summed E-state index contributed by atoms with van der Waals surface area (Å²) in [5.41, 5.74) is 0. The van der Waals surface area contributed by atoms with E-state index in [4.69, 9.17) is 41.6 Å².